The molecular formula is C31H42FN7O5S. The second-order valence-corrected chi connectivity index (χ2v) is 14.6. The Morgan fingerprint density at radius 3 is 2.60 bits per heavy atom. The van der Waals surface area contributed by atoms with Gasteiger partial charge in [0.25, 0.3) is 5.91 Å². The van der Waals surface area contributed by atoms with Gasteiger partial charge in [-0.15, -0.1) is 0 Å². The lowest BCUT2D eigenvalue weighted by atomic mass is 9.72. The van der Waals surface area contributed by atoms with Crippen molar-refractivity contribution in [3.63, 3.8) is 0 Å². The zero-order valence-corrected chi connectivity index (χ0v) is 26.9. The molecule has 0 bridgehead atoms. The number of aromatic nitrogens is 2. The number of ether oxygens (including phenoxy) is 2. The fourth-order valence-electron chi connectivity index (χ4n) is 6.24. The molecule has 2 aromatic rings. The molecule has 0 radical (unpaired) electrons. The predicted octanol–water partition coefficient (Wildman–Crippen LogP) is 3.35. The number of amides is 1. The summed E-state index contributed by atoms with van der Waals surface area (Å²) >= 11 is 0. The Hall–Kier alpha value is -3.49. The quantitative estimate of drug-likeness (QED) is 0.416. The summed E-state index contributed by atoms with van der Waals surface area (Å²) in [6.45, 7) is 9.35. The van der Waals surface area contributed by atoms with Gasteiger partial charge in [0, 0.05) is 51.2 Å². The maximum absolute atomic E-state index is 14.2. The largest absolute Gasteiger partial charge is 0.495 e. The van der Waals surface area contributed by atoms with Gasteiger partial charge >= 0.3 is 10.2 Å². The summed E-state index contributed by atoms with van der Waals surface area (Å²) < 4.78 is 55.1. The molecule has 1 aromatic carbocycles. The van der Waals surface area contributed by atoms with E-state index in [2.05, 4.69) is 24.5 Å². The first kappa shape index (κ1) is 31.5. The van der Waals surface area contributed by atoms with E-state index >= 15 is 0 Å². The number of anilines is 1. The van der Waals surface area contributed by atoms with Crippen LogP contribution in [0.25, 0.3) is 0 Å². The Morgan fingerprint density at radius 2 is 1.96 bits per heavy atom. The van der Waals surface area contributed by atoms with Gasteiger partial charge < -0.3 is 19.3 Å². The second-order valence-electron chi connectivity index (χ2n) is 12.9. The van der Waals surface area contributed by atoms with Crippen molar-refractivity contribution in [3.8, 4) is 11.5 Å². The molecule has 1 spiro atoms. The van der Waals surface area contributed by atoms with Gasteiger partial charge in [0.15, 0.2) is 11.6 Å². The van der Waals surface area contributed by atoms with E-state index < -0.39 is 16.0 Å². The van der Waals surface area contributed by atoms with Crippen LogP contribution in [0, 0.1) is 11.2 Å². The fourth-order valence-corrected chi connectivity index (χ4v) is 7.59. The third-order valence-corrected chi connectivity index (χ3v) is 11.0. The number of nitrogens with zero attached hydrogens (tertiary/aromatic N) is 6. The lowest BCUT2D eigenvalue weighted by molar-refractivity contribution is 0.0293. The molecule has 4 aliphatic rings. The Balaban J connectivity index is 1.02. The molecule has 0 saturated carbocycles. The molecular weight excluding hydrogens is 601 g/mol. The van der Waals surface area contributed by atoms with E-state index in [1.807, 2.05) is 13.8 Å². The topological polar surface area (TPSA) is 120 Å². The van der Waals surface area contributed by atoms with Gasteiger partial charge in [-0.3, -0.25) is 14.4 Å². The van der Waals surface area contributed by atoms with Crippen LogP contribution in [0.5, 0.6) is 11.5 Å². The van der Waals surface area contributed by atoms with E-state index in [-0.39, 0.29) is 34.8 Å². The molecule has 0 unspecified atom stereocenters. The van der Waals surface area contributed by atoms with Gasteiger partial charge in [0.1, 0.15) is 30.3 Å². The lowest BCUT2D eigenvalue weighted by Gasteiger charge is -2.54. The molecule has 5 heterocycles. The third-order valence-electron chi connectivity index (χ3n) is 9.43. The van der Waals surface area contributed by atoms with E-state index in [1.54, 1.807) is 24.4 Å². The normalized spacial score (nSPS) is 21.8. The van der Waals surface area contributed by atoms with Crippen LogP contribution in [-0.4, -0.2) is 103 Å². The van der Waals surface area contributed by atoms with Crippen LogP contribution in [0.4, 0.5) is 10.2 Å². The van der Waals surface area contributed by atoms with Crippen molar-refractivity contribution in [3.05, 3.63) is 54.1 Å². The molecule has 4 aliphatic heterocycles. The third kappa shape index (κ3) is 6.87. The molecule has 1 amide bonds. The Bertz CT molecular complexity index is 1530. The summed E-state index contributed by atoms with van der Waals surface area (Å²) in [4.78, 5) is 27.9. The number of piperidine rings is 1. The second kappa shape index (κ2) is 12.7. The van der Waals surface area contributed by atoms with Crippen molar-refractivity contribution in [2.24, 2.45) is 5.41 Å². The van der Waals surface area contributed by atoms with Crippen LogP contribution in [-0.2, 0) is 14.9 Å². The number of likely N-dealkylation sites (tertiary alicyclic amines) is 1. The summed E-state index contributed by atoms with van der Waals surface area (Å²) in [5.41, 5.74) is 0.948. The van der Waals surface area contributed by atoms with E-state index in [0.29, 0.717) is 36.8 Å². The first-order chi connectivity index (χ1) is 21.5. The highest BCUT2D eigenvalue weighted by molar-refractivity contribution is 7.87. The minimum Gasteiger partial charge on any atom is -0.495 e. The number of nitrogens with one attached hydrogen (secondary N) is 1. The number of carbonyl (C=O) groups is 1. The number of halogens is 1. The molecule has 0 aliphatic carbocycles. The van der Waals surface area contributed by atoms with Crippen molar-refractivity contribution >= 4 is 21.9 Å². The molecule has 3 saturated heterocycles. The average molecular weight is 644 g/mol. The van der Waals surface area contributed by atoms with Gasteiger partial charge in [-0.25, -0.2) is 14.4 Å². The molecule has 6 rings (SSSR count). The van der Waals surface area contributed by atoms with Gasteiger partial charge in [0.2, 0.25) is 0 Å². The number of rotatable bonds is 10. The highest BCUT2D eigenvalue weighted by Gasteiger charge is 2.46. The van der Waals surface area contributed by atoms with Crippen molar-refractivity contribution in [2.75, 3.05) is 57.8 Å². The highest BCUT2D eigenvalue weighted by atomic mass is 32.2. The van der Waals surface area contributed by atoms with Crippen molar-refractivity contribution in [1.29, 1.82) is 0 Å². The smallest absolute Gasteiger partial charge is 0.301 e. The van der Waals surface area contributed by atoms with Crippen LogP contribution >= 0.6 is 0 Å². The Labute approximate surface area is 264 Å². The van der Waals surface area contributed by atoms with Crippen molar-refractivity contribution < 1.29 is 27.1 Å². The number of allylic oxidation sites excluding steroid dienone is 1. The van der Waals surface area contributed by atoms with E-state index in [1.165, 1.54) is 28.8 Å². The Kier molecular flexibility index (Phi) is 8.90. The number of hydrogen-bond acceptors (Lipinski definition) is 9. The average Bonchev–Trinajstić information content (AvgIpc) is 2.96. The zero-order valence-electron chi connectivity index (χ0n) is 26.1. The van der Waals surface area contributed by atoms with E-state index in [4.69, 9.17) is 9.47 Å². The van der Waals surface area contributed by atoms with Gasteiger partial charge in [-0.2, -0.15) is 12.7 Å². The summed E-state index contributed by atoms with van der Waals surface area (Å²) in [6, 6.07) is 3.90. The number of benzene rings is 1. The summed E-state index contributed by atoms with van der Waals surface area (Å²) in [5, 5.41) is 0. The minimum atomic E-state index is -3.46. The molecule has 45 heavy (non-hydrogen) atoms. The standard InChI is InChI=1S/C31H42FN7O5S/c1-22(2)36(3)30(40)26-15-23(32)5-8-27(26)44-28-16-33-21-34-29(28)38-19-31(20-38)9-13-37(14-10-31)17-25-7-6-24(18-43-25)35-45(41,42)39-11-4-12-39/h5,8,15-16,18,21-22,25,35H,4,6-7,9-14,17,19-20H2,1-3H3/t25-/m0/s1. The number of hydrogen-bond donors (Lipinski definition) is 1. The fraction of sp³-hybridized carbons (Fsp3) is 0.581. The van der Waals surface area contributed by atoms with Crippen LogP contribution in [0.15, 0.2) is 42.7 Å². The molecule has 1 atom stereocenters. The van der Waals surface area contributed by atoms with Gasteiger partial charge in [-0.1, -0.05) is 0 Å². The molecule has 12 nitrogen and oxygen atoms in total. The summed E-state index contributed by atoms with van der Waals surface area (Å²) in [6.07, 6.45) is 9.11. The molecule has 3 fully saturated rings. The minimum absolute atomic E-state index is 0.0403. The van der Waals surface area contributed by atoms with E-state index in [0.717, 1.165) is 58.4 Å². The summed E-state index contributed by atoms with van der Waals surface area (Å²) in [5.74, 6) is 0.501. The first-order valence-electron chi connectivity index (χ1n) is 15.7. The summed E-state index contributed by atoms with van der Waals surface area (Å²) in [7, 11) is -1.78. The predicted molar refractivity (Wildman–Crippen MR) is 166 cm³/mol. The monoisotopic (exact) mass is 643 g/mol. The molecule has 14 heteroatoms. The number of carbonyl (C=O) groups excluding carboxylic acids is 1. The lowest BCUT2D eigenvalue weighted by Crippen LogP contribution is -2.61. The van der Waals surface area contributed by atoms with Crippen LogP contribution in [0.3, 0.4) is 0 Å². The van der Waals surface area contributed by atoms with Gasteiger partial charge in [-0.05, 0) is 77.2 Å². The van der Waals surface area contributed by atoms with Crippen molar-refractivity contribution in [2.45, 2.75) is 58.1 Å². The van der Waals surface area contributed by atoms with Crippen LogP contribution in [0.1, 0.15) is 56.3 Å². The Morgan fingerprint density at radius 1 is 1.20 bits per heavy atom. The maximum atomic E-state index is 14.2. The van der Waals surface area contributed by atoms with Crippen LogP contribution in [0.2, 0.25) is 0 Å². The zero-order chi connectivity index (χ0) is 31.8. The van der Waals surface area contributed by atoms with Gasteiger partial charge in [0.05, 0.1) is 17.5 Å². The van der Waals surface area contributed by atoms with Crippen molar-refractivity contribution in [1.82, 2.24) is 28.8 Å². The SMILES string of the molecule is CC(C)N(C)C(=O)c1cc(F)ccc1Oc1cncnc1N1CC2(CCN(C[C@@H]3CCC(NS(=O)(=O)N4CCC4)=CO3)CC2)C1. The molecule has 1 aromatic heterocycles. The molecule has 244 valence electrons. The molecule has 1 N–H and O–H groups in total. The highest BCUT2D eigenvalue weighted by Crippen LogP contribution is 2.45. The van der Waals surface area contributed by atoms with E-state index in [9.17, 15) is 17.6 Å². The van der Waals surface area contributed by atoms with Crippen LogP contribution < -0.4 is 14.4 Å². The maximum Gasteiger partial charge on any atom is 0.301 e. The first-order valence-corrected chi connectivity index (χ1v) is 17.1.